The number of thiocarbonyl (C=S) groups is 1. The van der Waals surface area contributed by atoms with Crippen molar-refractivity contribution in [2.45, 2.75) is 111 Å². The molecule has 28 heteroatoms. The van der Waals surface area contributed by atoms with Crippen molar-refractivity contribution in [3.05, 3.63) is 64.4 Å². The number of benzene rings is 2. The van der Waals surface area contributed by atoms with Gasteiger partial charge in [-0.1, -0.05) is 83.3 Å². The van der Waals surface area contributed by atoms with Gasteiger partial charge in [0, 0.05) is 67.0 Å². The lowest BCUT2D eigenvalue weighted by atomic mass is 9.98. The molecule has 1 fully saturated rings. The van der Waals surface area contributed by atoms with Gasteiger partial charge in [0.15, 0.2) is 0 Å². The standard InChI is InChI=1S/C16H22N2OS.C9H10N6OS.C8H14O2S2.C7H14N6O.C5H8N4O/c1-3-5-6-11(4-2)16(19)17-13-7-8-14-12(9-13)10-15(20)18-14;1-10-8(16)11-6-3-2-4-7(5-6)15-9(17)12-13-14-15;9-8(10)4-2-1-3-7-5-6-11-12-7;1-3-8-5-10-6(9-4-2)12-7(11-5)13-14;1-3-6-4(2)8-5(7-3)9-10/h7-9,11H,3-6,10H2,1-2H3,(H,17,19)(H,18,20);2-5H,1H3,(H2,10,11,16)(H,12,14,17);7H,1-6H2,(H,9,10);14H,3-4H2,1-2H3,(H3,8,9,10,11,12,13);10H,1-2H3,(H,6,7,8,9). The topological polar surface area (TPSA) is 332 Å². The van der Waals surface area contributed by atoms with Gasteiger partial charge in [-0.05, 0) is 114 Å². The lowest BCUT2D eigenvalue weighted by Crippen LogP contribution is -2.24. The third-order valence-corrected chi connectivity index (χ3v) is 13.6. The Morgan fingerprint density at radius 3 is 2.05 bits per heavy atom. The van der Waals surface area contributed by atoms with E-state index in [4.69, 9.17) is 40.0 Å². The molecule has 12 N–H and O–H groups in total. The van der Waals surface area contributed by atoms with Gasteiger partial charge < -0.3 is 37.0 Å². The maximum atomic E-state index is 12.3. The van der Waals surface area contributed by atoms with E-state index in [0.29, 0.717) is 53.5 Å². The van der Waals surface area contributed by atoms with Crippen molar-refractivity contribution in [2.75, 3.05) is 63.4 Å². The van der Waals surface area contributed by atoms with Gasteiger partial charge in [0.05, 0.1) is 10.7 Å². The second kappa shape index (κ2) is 34.2. The number of amides is 3. The number of urea groups is 1. The Morgan fingerprint density at radius 2 is 1.49 bits per heavy atom. The monoisotopic (exact) mass is 1080 g/mol. The van der Waals surface area contributed by atoms with Gasteiger partial charge in [-0.2, -0.15) is 30.1 Å². The van der Waals surface area contributed by atoms with E-state index >= 15 is 0 Å². The number of aromatic amines is 1. The highest BCUT2D eigenvalue weighted by atomic mass is 33.1. The summed E-state index contributed by atoms with van der Waals surface area (Å²) in [5.41, 5.74) is 8.22. The van der Waals surface area contributed by atoms with Gasteiger partial charge >= 0.3 is 12.0 Å². The smallest absolute Gasteiger partial charge is 0.318 e. The molecule has 0 bridgehead atoms. The Hall–Kier alpha value is -6.33. The van der Waals surface area contributed by atoms with Crippen molar-refractivity contribution >= 4 is 110 Å². The zero-order valence-electron chi connectivity index (χ0n) is 42.1. The van der Waals surface area contributed by atoms with Crippen LogP contribution in [0.3, 0.4) is 0 Å². The van der Waals surface area contributed by atoms with E-state index in [-0.39, 0.29) is 29.8 Å². The molecule has 0 aliphatic carbocycles. The van der Waals surface area contributed by atoms with E-state index in [9.17, 15) is 14.4 Å². The van der Waals surface area contributed by atoms with Crippen molar-refractivity contribution < 1.29 is 29.9 Å². The molecule has 398 valence electrons. The number of rotatable bonds is 19. The number of hydrogen-bond donors (Lipinski definition) is 12. The van der Waals surface area contributed by atoms with Crippen molar-refractivity contribution in [3.63, 3.8) is 0 Å². The summed E-state index contributed by atoms with van der Waals surface area (Å²) in [5.74, 6) is 3.18. The summed E-state index contributed by atoms with van der Waals surface area (Å²) in [6.07, 6.45) is 9.62. The molecule has 0 saturated carbocycles. The Bertz CT molecular complexity index is 2500. The van der Waals surface area contributed by atoms with Crippen LogP contribution in [0.5, 0.6) is 0 Å². The minimum atomic E-state index is -0.663. The van der Waals surface area contributed by atoms with Gasteiger partial charge in [0.25, 0.3) is 5.95 Å². The first-order chi connectivity index (χ1) is 35.1. The van der Waals surface area contributed by atoms with Gasteiger partial charge in [-0.15, -0.1) is 0 Å². The van der Waals surface area contributed by atoms with Gasteiger partial charge in [0.1, 0.15) is 11.6 Å². The minimum Gasteiger partial charge on any atom is -0.481 e. The largest absolute Gasteiger partial charge is 0.481 e. The van der Waals surface area contributed by atoms with Gasteiger partial charge in [-0.25, -0.2) is 25.4 Å². The lowest BCUT2D eigenvalue weighted by Gasteiger charge is -2.15. The normalized spacial score (nSPS) is 13.2. The summed E-state index contributed by atoms with van der Waals surface area (Å²) in [4.78, 5) is 57.7. The maximum Gasteiger partial charge on any atom is 0.318 e. The van der Waals surface area contributed by atoms with Crippen LogP contribution in [0.25, 0.3) is 5.69 Å². The molecule has 73 heavy (non-hydrogen) atoms. The second-order valence-electron chi connectivity index (χ2n) is 15.8. The Labute approximate surface area is 443 Å². The minimum absolute atomic E-state index is 0.113. The van der Waals surface area contributed by atoms with Crippen molar-refractivity contribution in [1.82, 2.24) is 55.4 Å². The highest BCUT2D eigenvalue weighted by molar-refractivity contribution is 8.77. The average molecular weight is 1090 g/mol. The van der Waals surface area contributed by atoms with Crippen LogP contribution in [0.15, 0.2) is 42.5 Å². The van der Waals surface area contributed by atoms with Crippen LogP contribution in [0.2, 0.25) is 0 Å². The number of unbranched alkanes of at least 4 members (excludes halogenated alkanes) is 2. The molecular formula is C45H68N18O6S4. The van der Waals surface area contributed by atoms with Crippen LogP contribution in [-0.4, -0.2) is 120 Å². The number of carbonyl (C=O) groups is 3. The average Bonchev–Trinajstić information content (AvgIpc) is 4.15. The third-order valence-electron chi connectivity index (χ3n) is 10.1. The van der Waals surface area contributed by atoms with E-state index in [2.05, 4.69) is 91.2 Å². The number of nitrogens with zero attached hydrogens (tertiary/aromatic N) is 9. The Kier molecular flexibility index (Phi) is 28.5. The first kappa shape index (κ1) is 61.0. The van der Waals surface area contributed by atoms with Crippen LogP contribution in [0, 0.1) is 24.5 Å². The predicted octanol–water partition coefficient (Wildman–Crippen LogP) is 8.82. The quantitative estimate of drug-likeness (QED) is 0.0159. The number of H-pyrrole nitrogens is 1. The van der Waals surface area contributed by atoms with Crippen LogP contribution in [0.4, 0.5) is 45.7 Å². The first-order valence-corrected chi connectivity index (χ1v) is 26.9. The molecule has 24 nitrogen and oxygen atoms in total. The van der Waals surface area contributed by atoms with E-state index in [1.807, 2.05) is 70.7 Å². The number of nitrogens with one attached hydrogen (secondary N) is 9. The molecule has 1 saturated heterocycles. The summed E-state index contributed by atoms with van der Waals surface area (Å²) in [7, 11) is 5.47. The highest BCUT2D eigenvalue weighted by Crippen LogP contribution is 2.40. The van der Waals surface area contributed by atoms with E-state index in [1.54, 1.807) is 39.1 Å². The molecule has 2 atom stereocenters. The number of hydrogen-bond acceptors (Lipinski definition) is 21. The third kappa shape index (κ3) is 23.4. The second-order valence-corrected chi connectivity index (χ2v) is 19.5. The summed E-state index contributed by atoms with van der Waals surface area (Å²) >= 11 is 10.1. The number of carboxylic acids is 1. The molecule has 2 aromatic carbocycles. The summed E-state index contributed by atoms with van der Waals surface area (Å²) in [5, 5.41) is 53.3. The molecule has 0 spiro atoms. The fourth-order valence-corrected chi connectivity index (χ4v) is 10.1. The van der Waals surface area contributed by atoms with Gasteiger partial charge in [0.2, 0.25) is 28.5 Å². The number of tetrazole rings is 1. The molecular weight excluding hydrogens is 1020 g/mol. The van der Waals surface area contributed by atoms with E-state index in [0.717, 1.165) is 77.8 Å². The number of aliphatic carboxylic acids is 1. The number of aromatic nitrogens is 10. The highest BCUT2D eigenvalue weighted by Gasteiger charge is 2.19. The number of aryl methyl sites for hydroxylation is 2. The fraction of sp³-hybridized carbons (Fsp3) is 0.489. The lowest BCUT2D eigenvalue weighted by molar-refractivity contribution is -0.137. The van der Waals surface area contributed by atoms with E-state index in [1.165, 1.54) is 23.3 Å². The van der Waals surface area contributed by atoms with E-state index < -0.39 is 5.97 Å². The molecule has 2 unspecified atom stereocenters. The molecule has 0 radical (unpaired) electrons. The molecule has 2 aliphatic rings. The zero-order chi connectivity index (χ0) is 53.5. The van der Waals surface area contributed by atoms with Gasteiger partial charge in [-0.3, -0.25) is 20.0 Å². The molecule has 5 heterocycles. The summed E-state index contributed by atoms with van der Waals surface area (Å²) in [6, 6.07) is 12.8. The molecule has 5 aromatic rings. The van der Waals surface area contributed by atoms with Crippen molar-refractivity contribution in [1.29, 1.82) is 0 Å². The Balaban J connectivity index is 0.000000246. The van der Waals surface area contributed by atoms with Crippen molar-refractivity contribution in [2.24, 2.45) is 5.92 Å². The number of carboxylic acid groups (broad SMARTS) is 1. The molecule has 3 amide bonds. The molecule has 7 rings (SSSR count). The van der Waals surface area contributed by atoms with Crippen LogP contribution in [-0.2, 0) is 16.0 Å². The van der Waals surface area contributed by atoms with Crippen LogP contribution >= 0.6 is 46.0 Å². The predicted molar refractivity (Wildman–Crippen MR) is 296 cm³/mol. The maximum absolute atomic E-state index is 12.3. The zero-order valence-corrected chi connectivity index (χ0v) is 45.4. The fourth-order valence-electron chi connectivity index (χ4n) is 6.58. The number of fused-ring (bicyclic) bond motifs is 1. The van der Waals surface area contributed by atoms with Crippen LogP contribution < -0.4 is 42.9 Å². The summed E-state index contributed by atoms with van der Waals surface area (Å²) in [6.45, 7) is 13.0. The molecule has 3 aromatic heterocycles. The Morgan fingerprint density at radius 1 is 0.836 bits per heavy atom. The summed E-state index contributed by atoms with van der Waals surface area (Å²) < 4.78 is 1.85. The van der Waals surface area contributed by atoms with Crippen LogP contribution in [0.1, 0.15) is 103 Å². The SMILES string of the molecule is CCCCC(CC)C(=O)Nc1ccc2c(c1)CC(=S)N2.CCNc1nc(NO)nc(NCC)n1.CNC(=O)Nc1cccc(-n2[nH]nnc2=S)c1.Cc1nc(C)nc(NO)n1.O=C(O)CCCCC1CCSS1. The molecule has 2 aliphatic heterocycles. The number of anilines is 7. The number of carbonyl (C=O) groups excluding carboxylic acids is 2. The first-order valence-electron chi connectivity index (χ1n) is 23.7. The van der Waals surface area contributed by atoms with Crippen molar-refractivity contribution in [3.8, 4) is 5.69 Å².